The van der Waals surface area contributed by atoms with E-state index >= 15 is 0 Å². The third-order valence-corrected chi connectivity index (χ3v) is 5.23. The Morgan fingerprint density at radius 1 is 1.11 bits per heavy atom. The van der Waals surface area contributed by atoms with Gasteiger partial charge in [0.15, 0.2) is 0 Å². The van der Waals surface area contributed by atoms with Gasteiger partial charge in [0.25, 0.3) is 5.91 Å². The number of hydrogen-bond donors (Lipinski definition) is 2. The Hall–Kier alpha value is -2.33. The fourth-order valence-corrected chi connectivity index (χ4v) is 3.68. The summed E-state index contributed by atoms with van der Waals surface area (Å²) in [6.07, 6.45) is -0.361. The highest BCUT2D eigenvalue weighted by molar-refractivity contribution is 7.73. The van der Waals surface area contributed by atoms with E-state index in [9.17, 15) is 18.0 Å². The smallest absolute Gasteiger partial charge is 0.410 e. The molecule has 2 fully saturated rings. The second-order valence-corrected chi connectivity index (χ2v) is 7.64. The zero-order chi connectivity index (χ0) is 19.6. The molecule has 27 heavy (non-hydrogen) atoms. The predicted octanol–water partition coefficient (Wildman–Crippen LogP) is 0.142. The molecule has 0 saturated carbocycles. The van der Waals surface area contributed by atoms with Crippen LogP contribution in [-0.4, -0.2) is 87.5 Å². The van der Waals surface area contributed by atoms with Gasteiger partial charge in [-0.3, -0.25) is 14.4 Å². The number of hydrogen-bond acceptors (Lipinski definition) is 6. The lowest BCUT2D eigenvalue weighted by Gasteiger charge is -2.38. The Balaban J connectivity index is 1.53. The molecule has 0 aliphatic carbocycles. The van der Waals surface area contributed by atoms with Crippen LogP contribution >= 0.6 is 0 Å². The van der Waals surface area contributed by atoms with E-state index in [1.165, 1.54) is 0 Å². The van der Waals surface area contributed by atoms with E-state index in [-0.39, 0.29) is 18.1 Å². The molecular formula is C17H24N4O5S. The van der Waals surface area contributed by atoms with Gasteiger partial charge < -0.3 is 14.5 Å². The molecule has 9 nitrogen and oxygen atoms in total. The van der Waals surface area contributed by atoms with Crippen molar-refractivity contribution < 1.29 is 22.7 Å². The summed E-state index contributed by atoms with van der Waals surface area (Å²) in [5.74, 6) is -0.134. The molecule has 1 aromatic rings. The number of carbonyl (C=O) groups is 2. The number of amides is 2. The Bertz CT molecular complexity index is 791. The van der Waals surface area contributed by atoms with Crippen molar-refractivity contribution in [1.29, 1.82) is 0 Å². The number of likely N-dealkylation sites (N-methyl/N-ethyl adjacent to an activating group) is 1. The van der Waals surface area contributed by atoms with Crippen molar-refractivity contribution in [3.63, 3.8) is 0 Å². The normalized spacial score (nSPS) is 18.3. The van der Waals surface area contributed by atoms with Crippen LogP contribution in [0.4, 0.5) is 10.5 Å². The molecule has 2 saturated heterocycles. The second-order valence-electron chi connectivity index (χ2n) is 6.90. The van der Waals surface area contributed by atoms with Crippen LogP contribution in [0.5, 0.6) is 0 Å². The van der Waals surface area contributed by atoms with Crippen molar-refractivity contribution >= 4 is 28.6 Å². The van der Waals surface area contributed by atoms with Gasteiger partial charge in [0.05, 0.1) is 5.69 Å². The SMILES string of the molecule is Cc1cc(C(=O)N2CCN(C(=O)OC3CN(C)C3)CC2)ccc1N[SH](=O)=O. The zero-order valence-electron chi connectivity index (χ0n) is 15.4. The Morgan fingerprint density at radius 3 is 2.30 bits per heavy atom. The molecule has 0 atom stereocenters. The number of ether oxygens (including phenoxy) is 1. The van der Waals surface area contributed by atoms with Gasteiger partial charge in [0, 0.05) is 44.8 Å². The monoisotopic (exact) mass is 396 g/mol. The van der Waals surface area contributed by atoms with Gasteiger partial charge in [-0.05, 0) is 37.7 Å². The summed E-state index contributed by atoms with van der Waals surface area (Å²) >= 11 is 0. The van der Waals surface area contributed by atoms with Crippen LogP contribution in [0.1, 0.15) is 15.9 Å². The minimum atomic E-state index is -2.74. The fraction of sp³-hybridized carbons (Fsp3) is 0.529. The van der Waals surface area contributed by atoms with E-state index in [1.807, 2.05) is 7.05 Å². The number of rotatable bonds is 4. The highest BCUT2D eigenvalue weighted by Gasteiger charge is 2.31. The van der Waals surface area contributed by atoms with Gasteiger partial charge in [-0.15, -0.1) is 0 Å². The summed E-state index contributed by atoms with van der Waals surface area (Å²) in [5.41, 5.74) is 1.62. The fourth-order valence-electron chi connectivity index (χ4n) is 3.23. The molecule has 1 N–H and O–H groups in total. The number of likely N-dealkylation sites (tertiary alicyclic amines) is 1. The average Bonchev–Trinajstić information content (AvgIpc) is 2.61. The standard InChI is InChI=1S/C17H24N4O5S/c1-12-9-13(3-4-15(12)18-27(24)25)16(22)20-5-7-21(8-6-20)17(23)26-14-10-19(2)11-14/h3-4,9,14,27H,5-8,10-11H2,1-2H3,(H,18,24,25). The number of thiol groups is 1. The Morgan fingerprint density at radius 2 is 1.74 bits per heavy atom. The highest BCUT2D eigenvalue weighted by atomic mass is 32.2. The van der Waals surface area contributed by atoms with Crippen LogP contribution in [-0.2, 0) is 15.6 Å². The van der Waals surface area contributed by atoms with Crippen LogP contribution < -0.4 is 4.72 Å². The average molecular weight is 396 g/mol. The molecule has 0 aromatic heterocycles. The van der Waals surface area contributed by atoms with Crippen molar-refractivity contribution in [3.8, 4) is 0 Å². The van der Waals surface area contributed by atoms with Gasteiger partial charge in [0.1, 0.15) is 6.10 Å². The van der Waals surface area contributed by atoms with E-state index in [2.05, 4.69) is 9.62 Å². The largest absolute Gasteiger partial charge is 0.443 e. The topological polar surface area (TPSA) is 99.3 Å². The first-order valence-electron chi connectivity index (χ1n) is 8.78. The summed E-state index contributed by atoms with van der Waals surface area (Å²) in [5, 5.41) is 0. The van der Waals surface area contributed by atoms with Gasteiger partial charge in [-0.1, -0.05) is 0 Å². The summed E-state index contributed by atoms with van der Waals surface area (Å²) in [4.78, 5) is 30.2. The van der Waals surface area contributed by atoms with Gasteiger partial charge in [-0.25, -0.2) is 13.2 Å². The molecule has 2 aliphatic rings. The maximum Gasteiger partial charge on any atom is 0.410 e. The first-order valence-corrected chi connectivity index (χ1v) is 9.96. The number of nitrogens with one attached hydrogen (secondary N) is 1. The molecule has 2 amide bonds. The highest BCUT2D eigenvalue weighted by Crippen LogP contribution is 2.19. The lowest BCUT2D eigenvalue weighted by molar-refractivity contribution is -0.0195. The molecule has 10 heteroatoms. The quantitative estimate of drug-likeness (QED) is 0.703. The van der Waals surface area contributed by atoms with E-state index in [4.69, 9.17) is 4.74 Å². The molecule has 2 heterocycles. The summed E-state index contributed by atoms with van der Waals surface area (Å²) < 4.78 is 29.3. The van der Waals surface area contributed by atoms with Crippen LogP contribution in [0.2, 0.25) is 0 Å². The van der Waals surface area contributed by atoms with Gasteiger partial charge in [0.2, 0.25) is 10.9 Å². The summed E-state index contributed by atoms with van der Waals surface area (Å²) in [6.45, 7) is 4.99. The Labute approximate surface area is 159 Å². The maximum absolute atomic E-state index is 12.7. The van der Waals surface area contributed by atoms with Crippen LogP contribution in [0.25, 0.3) is 0 Å². The lowest BCUT2D eigenvalue weighted by Crippen LogP contribution is -2.55. The van der Waals surface area contributed by atoms with Crippen molar-refractivity contribution in [3.05, 3.63) is 29.3 Å². The number of benzene rings is 1. The van der Waals surface area contributed by atoms with E-state index in [0.29, 0.717) is 43.0 Å². The predicted molar refractivity (Wildman–Crippen MR) is 100 cm³/mol. The molecule has 148 valence electrons. The second kappa shape index (κ2) is 8.13. The minimum Gasteiger partial charge on any atom is -0.443 e. The van der Waals surface area contributed by atoms with E-state index < -0.39 is 10.9 Å². The van der Waals surface area contributed by atoms with E-state index in [1.54, 1.807) is 34.9 Å². The number of aryl methyl sites for hydroxylation is 1. The molecule has 3 rings (SSSR count). The van der Waals surface area contributed by atoms with Gasteiger partial charge >= 0.3 is 6.09 Å². The lowest BCUT2D eigenvalue weighted by atomic mass is 10.1. The van der Waals surface area contributed by atoms with Crippen LogP contribution in [0, 0.1) is 6.92 Å². The molecule has 0 radical (unpaired) electrons. The van der Waals surface area contributed by atoms with Gasteiger partial charge in [-0.2, -0.15) is 0 Å². The molecule has 0 unspecified atom stereocenters. The molecule has 2 aliphatic heterocycles. The van der Waals surface area contributed by atoms with Crippen LogP contribution in [0.15, 0.2) is 18.2 Å². The number of nitrogens with zero attached hydrogens (tertiary/aromatic N) is 3. The minimum absolute atomic E-state index is 0.0403. The molecular weight excluding hydrogens is 372 g/mol. The number of piperazine rings is 1. The zero-order valence-corrected chi connectivity index (χ0v) is 16.3. The molecule has 0 spiro atoms. The van der Waals surface area contributed by atoms with Crippen molar-refractivity contribution in [1.82, 2.24) is 14.7 Å². The van der Waals surface area contributed by atoms with Crippen molar-refractivity contribution in [2.24, 2.45) is 0 Å². The third-order valence-electron chi connectivity index (χ3n) is 4.81. The molecule has 1 aromatic carbocycles. The molecule has 0 bridgehead atoms. The maximum atomic E-state index is 12.7. The third kappa shape index (κ3) is 4.69. The van der Waals surface area contributed by atoms with Crippen molar-refractivity contribution in [2.45, 2.75) is 13.0 Å². The van der Waals surface area contributed by atoms with E-state index in [0.717, 1.165) is 13.1 Å². The van der Waals surface area contributed by atoms with Crippen LogP contribution in [0.3, 0.4) is 0 Å². The first kappa shape index (κ1) is 19.4. The number of anilines is 1. The summed E-state index contributed by atoms with van der Waals surface area (Å²) in [6, 6.07) is 4.85. The first-order chi connectivity index (χ1) is 12.8. The Kier molecular flexibility index (Phi) is 5.85. The van der Waals surface area contributed by atoms with Crippen molar-refractivity contribution in [2.75, 3.05) is 51.0 Å². The summed E-state index contributed by atoms with van der Waals surface area (Å²) in [7, 11) is -0.773. The number of carbonyl (C=O) groups excluding carboxylic acids is 2.